The van der Waals surface area contributed by atoms with Gasteiger partial charge in [-0.3, -0.25) is 4.79 Å². The van der Waals surface area contributed by atoms with Gasteiger partial charge in [0.05, 0.1) is 0 Å². The first-order valence-corrected chi connectivity index (χ1v) is 8.39. The molecule has 0 spiro atoms. The molecule has 4 nitrogen and oxygen atoms in total. The Kier molecular flexibility index (Phi) is 6.79. The summed E-state index contributed by atoms with van der Waals surface area (Å²) in [7, 11) is 0. The minimum Gasteiger partial charge on any atom is -0.389 e. The number of amides is 1. The fourth-order valence-corrected chi connectivity index (χ4v) is 2.33. The molecule has 0 bridgehead atoms. The van der Waals surface area contributed by atoms with Crippen LogP contribution in [-0.2, 0) is 11.2 Å². The van der Waals surface area contributed by atoms with E-state index in [1.54, 1.807) is 0 Å². The zero-order valence-electron chi connectivity index (χ0n) is 14.6. The molecule has 2 rings (SSSR count). The number of benzene rings is 2. The van der Waals surface area contributed by atoms with E-state index in [1.807, 2.05) is 60.7 Å². The molecule has 128 valence electrons. The molecule has 0 unspecified atom stereocenters. The highest BCUT2D eigenvalue weighted by atomic mass is 16.1. The second-order valence-electron chi connectivity index (χ2n) is 6.09. The van der Waals surface area contributed by atoms with Crippen molar-refractivity contribution in [2.24, 2.45) is 0 Å². The SMILES string of the molecule is CC(C)c1ccc(NC(=O)/C(C#N)=C\NCCc2ccccc2)cc1. The second-order valence-corrected chi connectivity index (χ2v) is 6.09. The zero-order valence-corrected chi connectivity index (χ0v) is 14.6. The van der Waals surface area contributed by atoms with Crippen molar-refractivity contribution in [3.63, 3.8) is 0 Å². The van der Waals surface area contributed by atoms with Gasteiger partial charge >= 0.3 is 0 Å². The predicted octanol–water partition coefficient (Wildman–Crippen LogP) is 3.99. The number of hydrogen-bond acceptors (Lipinski definition) is 3. The van der Waals surface area contributed by atoms with Crippen LogP contribution in [0.4, 0.5) is 5.69 Å². The van der Waals surface area contributed by atoms with Crippen molar-refractivity contribution in [2.45, 2.75) is 26.2 Å². The lowest BCUT2D eigenvalue weighted by Crippen LogP contribution is -2.18. The lowest BCUT2D eigenvalue weighted by molar-refractivity contribution is -0.112. The number of nitrogens with zero attached hydrogens (tertiary/aromatic N) is 1. The second kappa shape index (κ2) is 9.29. The van der Waals surface area contributed by atoms with E-state index in [9.17, 15) is 10.1 Å². The van der Waals surface area contributed by atoms with Crippen molar-refractivity contribution in [2.75, 3.05) is 11.9 Å². The van der Waals surface area contributed by atoms with Crippen LogP contribution in [0.5, 0.6) is 0 Å². The molecule has 2 N–H and O–H groups in total. The Bertz CT molecular complexity index is 756. The quantitative estimate of drug-likeness (QED) is 0.457. The highest BCUT2D eigenvalue weighted by Crippen LogP contribution is 2.17. The molecule has 0 aromatic heterocycles. The maximum atomic E-state index is 12.2. The number of nitrogens with one attached hydrogen (secondary N) is 2. The van der Waals surface area contributed by atoms with E-state index in [2.05, 4.69) is 24.5 Å². The van der Waals surface area contributed by atoms with Crippen molar-refractivity contribution in [1.82, 2.24) is 5.32 Å². The topological polar surface area (TPSA) is 64.9 Å². The molecule has 0 aliphatic rings. The molecule has 25 heavy (non-hydrogen) atoms. The van der Waals surface area contributed by atoms with Crippen LogP contribution in [0.15, 0.2) is 66.4 Å². The summed E-state index contributed by atoms with van der Waals surface area (Å²) in [6.07, 6.45) is 2.30. The van der Waals surface area contributed by atoms with Gasteiger partial charge in [-0.05, 0) is 35.6 Å². The van der Waals surface area contributed by atoms with Crippen molar-refractivity contribution in [3.05, 3.63) is 77.5 Å². The third-order valence-corrected chi connectivity index (χ3v) is 3.85. The Morgan fingerprint density at radius 1 is 1.12 bits per heavy atom. The smallest absolute Gasteiger partial charge is 0.267 e. The van der Waals surface area contributed by atoms with Crippen LogP contribution in [0.3, 0.4) is 0 Å². The summed E-state index contributed by atoms with van der Waals surface area (Å²) in [6, 6.07) is 19.6. The number of carbonyl (C=O) groups excluding carboxylic acids is 1. The summed E-state index contributed by atoms with van der Waals surface area (Å²) in [5, 5.41) is 15.0. The standard InChI is InChI=1S/C21H23N3O/c1-16(2)18-8-10-20(11-9-18)24-21(25)19(14-22)15-23-13-12-17-6-4-3-5-7-17/h3-11,15-16,23H,12-13H2,1-2H3,(H,24,25)/b19-15-. The van der Waals surface area contributed by atoms with E-state index >= 15 is 0 Å². The van der Waals surface area contributed by atoms with E-state index in [0.29, 0.717) is 18.2 Å². The number of nitriles is 1. The molecular weight excluding hydrogens is 310 g/mol. The highest BCUT2D eigenvalue weighted by molar-refractivity contribution is 6.06. The van der Waals surface area contributed by atoms with Gasteiger partial charge in [0, 0.05) is 18.4 Å². The Labute approximate surface area is 149 Å². The van der Waals surface area contributed by atoms with Crippen LogP contribution in [0, 0.1) is 11.3 Å². The largest absolute Gasteiger partial charge is 0.389 e. The molecule has 0 aliphatic carbocycles. The van der Waals surface area contributed by atoms with Gasteiger partial charge < -0.3 is 10.6 Å². The van der Waals surface area contributed by atoms with Gasteiger partial charge in [0.15, 0.2) is 0 Å². The summed E-state index contributed by atoms with van der Waals surface area (Å²) < 4.78 is 0. The molecular formula is C21H23N3O. The Morgan fingerprint density at radius 3 is 2.40 bits per heavy atom. The average molecular weight is 333 g/mol. The highest BCUT2D eigenvalue weighted by Gasteiger charge is 2.09. The third-order valence-electron chi connectivity index (χ3n) is 3.85. The van der Waals surface area contributed by atoms with Crippen LogP contribution in [0.2, 0.25) is 0 Å². The van der Waals surface area contributed by atoms with Gasteiger partial charge in [-0.2, -0.15) is 5.26 Å². The lowest BCUT2D eigenvalue weighted by atomic mass is 10.0. The van der Waals surface area contributed by atoms with Crippen molar-refractivity contribution >= 4 is 11.6 Å². The van der Waals surface area contributed by atoms with E-state index in [1.165, 1.54) is 17.3 Å². The molecule has 0 saturated heterocycles. The number of rotatable bonds is 7. The molecule has 0 heterocycles. The minimum atomic E-state index is -0.410. The maximum Gasteiger partial charge on any atom is 0.267 e. The van der Waals surface area contributed by atoms with Gasteiger partial charge in [-0.25, -0.2) is 0 Å². The van der Waals surface area contributed by atoms with Gasteiger partial charge in [-0.1, -0.05) is 56.3 Å². The van der Waals surface area contributed by atoms with Crippen LogP contribution in [-0.4, -0.2) is 12.5 Å². The van der Waals surface area contributed by atoms with E-state index < -0.39 is 5.91 Å². The molecule has 0 atom stereocenters. The number of hydrogen-bond donors (Lipinski definition) is 2. The van der Waals surface area contributed by atoms with Crippen LogP contribution >= 0.6 is 0 Å². The lowest BCUT2D eigenvalue weighted by Gasteiger charge is -2.08. The van der Waals surface area contributed by atoms with E-state index in [4.69, 9.17) is 0 Å². The minimum absolute atomic E-state index is 0.0565. The van der Waals surface area contributed by atoms with Crippen molar-refractivity contribution in [3.8, 4) is 6.07 Å². The summed E-state index contributed by atoms with van der Waals surface area (Å²) in [4.78, 5) is 12.2. The monoisotopic (exact) mass is 333 g/mol. The van der Waals surface area contributed by atoms with E-state index in [0.717, 1.165) is 6.42 Å². The first kappa shape index (κ1) is 18.3. The Balaban J connectivity index is 1.88. The summed E-state index contributed by atoms with van der Waals surface area (Å²) in [5.41, 5.74) is 3.15. The summed E-state index contributed by atoms with van der Waals surface area (Å²) >= 11 is 0. The fraction of sp³-hybridized carbons (Fsp3) is 0.238. The summed E-state index contributed by atoms with van der Waals surface area (Å²) in [5.74, 6) is 0.0279. The fourth-order valence-electron chi connectivity index (χ4n) is 2.33. The van der Waals surface area contributed by atoms with Gasteiger partial charge in [0.2, 0.25) is 0 Å². The average Bonchev–Trinajstić information content (AvgIpc) is 2.63. The third kappa shape index (κ3) is 5.82. The van der Waals surface area contributed by atoms with Gasteiger partial charge in [0.25, 0.3) is 5.91 Å². The molecule has 1 amide bonds. The molecule has 2 aromatic carbocycles. The van der Waals surface area contributed by atoms with Gasteiger partial charge in [0.1, 0.15) is 11.6 Å². The molecule has 0 fully saturated rings. The molecule has 0 aliphatic heterocycles. The van der Waals surface area contributed by atoms with Crippen LogP contribution in [0.25, 0.3) is 0 Å². The first-order valence-electron chi connectivity index (χ1n) is 8.39. The van der Waals surface area contributed by atoms with Crippen LogP contribution < -0.4 is 10.6 Å². The zero-order chi connectivity index (χ0) is 18.1. The van der Waals surface area contributed by atoms with E-state index in [-0.39, 0.29) is 5.57 Å². The van der Waals surface area contributed by atoms with Crippen molar-refractivity contribution < 1.29 is 4.79 Å². The summed E-state index contributed by atoms with van der Waals surface area (Å²) in [6.45, 7) is 4.89. The normalized spacial score (nSPS) is 11.0. The molecule has 0 saturated carbocycles. The van der Waals surface area contributed by atoms with Crippen molar-refractivity contribution in [1.29, 1.82) is 5.26 Å². The number of anilines is 1. The Hall–Kier alpha value is -3.06. The Morgan fingerprint density at radius 2 is 1.80 bits per heavy atom. The maximum absolute atomic E-state index is 12.2. The molecule has 4 heteroatoms. The van der Waals surface area contributed by atoms with Crippen LogP contribution in [0.1, 0.15) is 30.9 Å². The molecule has 2 aromatic rings. The first-order chi connectivity index (χ1) is 12.1. The van der Waals surface area contributed by atoms with Gasteiger partial charge in [-0.15, -0.1) is 0 Å². The molecule has 0 radical (unpaired) electrons. The predicted molar refractivity (Wildman–Crippen MR) is 101 cm³/mol. The number of carbonyl (C=O) groups is 1.